The molecule has 2 aliphatic rings. The normalized spacial score (nSPS) is 14.0. The summed E-state index contributed by atoms with van der Waals surface area (Å²) >= 11 is 0. The van der Waals surface area contributed by atoms with Crippen LogP contribution in [0.1, 0.15) is 0 Å². The van der Waals surface area contributed by atoms with Crippen LogP contribution < -0.4 is 10.6 Å². The molecule has 2 aromatic rings. The summed E-state index contributed by atoms with van der Waals surface area (Å²) in [6.07, 6.45) is 4.79. The third-order valence-corrected chi connectivity index (χ3v) is 3.15. The molecule has 2 aromatic carbocycles. The van der Waals surface area contributed by atoms with Crippen molar-refractivity contribution in [1.29, 1.82) is 0 Å². The average molecular weight is 348 g/mol. The van der Waals surface area contributed by atoms with E-state index >= 15 is 0 Å². The number of hydrogen-bond donors (Lipinski definition) is 2. The minimum absolute atomic E-state index is 0.329. The molecular formula is C20H16N2O4. The highest BCUT2D eigenvalue weighted by molar-refractivity contribution is 6.13. The van der Waals surface area contributed by atoms with Gasteiger partial charge in [-0.2, -0.15) is 0 Å². The molecule has 0 saturated heterocycles. The third-order valence-electron chi connectivity index (χ3n) is 3.15. The monoisotopic (exact) mass is 348 g/mol. The fourth-order valence-electron chi connectivity index (χ4n) is 1.97. The van der Waals surface area contributed by atoms with Gasteiger partial charge in [0.05, 0.1) is 0 Å². The van der Waals surface area contributed by atoms with Crippen LogP contribution in [0.5, 0.6) is 0 Å². The molecule has 0 fully saturated rings. The Bertz CT molecular complexity index is 750. The van der Waals surface area contributed by atoms with E-state index in [1.165, 1.54) is 35.4 Å². The fourth-order valence-corrected chi connectivity index (χ4v) is 1.97. The molecule has 6 nitrogen and oxygen atoms in total. The van der Waals surface area contributed by atoms with Crippen LogP contribution >= 0.6 is 0 Å². The molecule has 26 heavy (non-hydrogen) atoms. The second-order valence-electron chi connectivity index (χ2n) is 5.11. The van der Waals surface area contributed by atoms with Crippen molar-refractivity contribution >= 4 is 23.6 Å². The maximum absolute atomic E-state index is 10.0. The summed E-state index contributed by atoms with van der Waals surface area (Å²) in [5.74, 6) is -1.31. The van der Waals surface area contributed by atoms with Gasteiger partial charge in [-0.3, -0.25) is 29.8 Å². The standard InChI is InChI=1S/C12H10.2C4H3NO2/c1-3-7-11(8-4-1)12-9-5-2-6-10-12;2*6-3-1-2-4(7)5-3/h1-10H;2*1-2H,(H,5,6,7). The second-order valence-corrected chi connectivity index (χ2v) is 5.11. The lowest BCUT2D eigenvalue weighted by Gasteiger charge is -1.98. The number of hydrogen-bond acceptors (Lipinski definition) is 4. The molecule has 4 amide bonds. The van der Waals surface area contributed by atoms with Crippen molar-refractivity contribution in [2.45, 2.75) is 0 Å². The lowest BCUT2D eigenvalue weighted by atomic mass is 10.1. The Morgan fingerprint density at radius 1 is 0.423 bits per heavy atom. The maximum Gasteiger partial charge on any atom is 0.250 e. The van der Waals surface area contributed by atoms with Crippen LogP contribution in [-0.4, -0.2) is 23.6 Å². The number of nitrogens with one attached hydrogen (secondary N) is 2. The van der Waals surface area contributed by atoms with Gasteiger partial charge in [0.2, 0.25) is 0 Å². The first kappa shape index (κ1) is 18.5. The zero-order chi connectivity index (χ0) is 18.8. The van der Waals surface area contributed by atoms with E-state index in [1.807, 2.05) is 22.8 Å². The van der Waals surface area contributed by atoms with Gasteiger partial charge in [0.1, 0.15) is 0 Å². The van der Waals surface area contributed by atoms with Crippen molar-refractivity contribution in [2.75, 3.05) is 0 Å². The zero-order valence-electron chi connectivity index (χ0n) is 13.7. The van der Waals surface area contributed by atoms with Crippen molar-refractivity contribution in [3.05, 3.63) is 85.0 Å². The van der Waals surface area contributed by atoms with E-state index in [9.17, 15) is 19.2 Å². The number of benzene rings is 2. The lowest BCUT2D eigenvalue weighted by Crippen LogP contribution is -2.19. The van der Waals surface area contributed by atoms with Gasteiger partial charge in [-0.15, -0.1) is 0 Å². The lowest BCUT2D eigenvalue weighted by molar-refractivity contribution is -0.125. The molecule has 0 atom stereocenters. The van der Waals surface area contributed by atoms with E-state index < -0.39 is 0 Å². The molecule has 0 radical (unpaired) electrons. The van der Waals surface area contributed by atoms with Gasteiger partial charge in [0, 0.05) is 24.3 Å². The van der Waals surface area contributed by atoms with Crippen LogP contribution in [0.2, 0.25) is 0 Å². The fraction of sp³-hybridized carbons (Fsp3) is 0. The van der Waals surface area contributed by atoms with E-state index in [-0.39, 0.29) is 23.6 Å². The second kappa shape index (κ2) is 9.48. The number of carbonyl (C=O) groups is 4. The van der Waals surface area contributed by atoms with Crippen LogP contribution in [0.4, 0.5) is 0 Å². The quantitative estimate of drug-likeness (QED) is 0.768. The summed E-state index contributed by atoms with van der Waals surface area (Å²) in [6, 6.07) is 20.8. The molecule has 0 saturated carbocycles. The van der Waals surface area contributed by atoms with Crippen molar-refractivity contribution in [2.24, 2.45) is 0 Å². The van der Waals surface area contributed by atoms with Crippen molar-refractivity contribution in [1.82, 2.24) is 10.6 Å². The predicted octanol–water partition coefficient (Wildman–Crippen LogP) is 1.75. The first-order valence-corrected chi connectivity index (χ1v) is 7.71. The van der Waals surface area contributed by atoms with E-state index in [4.69, 9.17) is 0 Å². The van der Waals surface area contributed by atoms with Crippen molar-refractivity contribution in [3.8, 4) is 11.1 Å². The minimum atomic E-state index is -0.329. The molecular weight excluding hydrogens is 332 g/mol. The molecule has 2 N–H and O–H groups in total. The Hall–Kier alpha value is -3.80. The Morgan fingerprint density at radius 2 is 0.692 bits per heavy atom. The van der Waals surface area contributed by atoms with Crippen molar-refractivity contribution in [3.63, 3.8) is 0 Å². The summed E-state index contributed by atoms with van der Waals surface area (Å²) in [5, 5.41) is 4.06. The Morgan fingerprint density at radius 3 is 0.885 bits per heavy atom. The number of carbonyl (C=O) groups excluding carboxylic acids is 4. The van der Waals surface area contributed by atoms with Gasteiger partial charge in [-0.1, -0.05) is 60.7 Å². The summed E-state index contributed by atoms with van der Waals surface area (Å²) in [4.78, 5) is 40.1. The molecule has 6 heteroatoms. The predicted molar refractivity (Wildman–Crippen MR) is 96.5 cm³/mol. The van der Waals surface area contributed by atoms with Gasteiger partial charge in [0.15, 0.2) is 0 Å². The highest BCUT2D eigenvalue weighted by Crippen LogP contribution is 2.17. The average Bonchev–Trinajstić information content (AvgIpc) is 3.24. The number of rotatable bonds is 1. The van der Waals surface area contributed by atoms with Crippen LogP contribution in [0, 0.1) is 0 Å². The van der Waals surface area contributed by atoms with E-state index in [2.05, 4.69) is 48.5 Å². The van der Waals surface area contributed by atoms with Gasteiger partial charge < -0.3 is 0 Å². The molecule has 4 rings (SSSR count). The van der Waals surface area contributed by atoms with Gasteiger partial charge in [-0.05, 0) is 11.1 Å². The molecule has 0 unspecified atom stereocenters. The molecule has 2 aliphatic heterocycles. The highest BCUT2D eigenvalue weighted by atomic mass is 16.2. The third kappa shape index (κ3) is 6.37. The summed E-state index contributed by atoms with van der Waals surface area (Å²) in [6.45, 7) is 0. The van der Waals surface area contributed by atoms with Crippen LogP contribution in [0.25, 0.3) is 11.1 Å². The number of imide groups is 2. The summed E-state index contributed by atoms with van der Waals surface area (Å²) in [7, 11) is 0. The first-order valence-electron chi connectivity index (χ1n) is 7.71. The smallest absolute Gasteiger partial charge is 0.250 e. The largest absolute Gasteiger partial charge is 0.289 e. The summed E-state index contributed by atoms with van der Waals surface area (Å²) < 4.78 is 0. The van der Waals surface area contributed by atoms with Crippen LogP contribution in [0.15, 0.2) is 85.0 Å². The first-order chi connectivity index (χ1) is 12.5. The summed E-state index contributed by atoms with van der Waals surface area (Å²) in [5.41, 5.74) is 2.55. The minimum Gasteiger partial charge on any atom is -0.289 e. The molecule has 0 spiro atoms. The highest BCUT2D eigenvalue weighted by Gasteiger charge is 2.07. The SMILES string of the molecule is O=C1C=CC(=O)N1.O=C1C=CC(=O)N1.c1ccc(-c2ccccc2)cc1. The molecule has 0 bridgehead atoms. The van der Waals surface area contributed by atoms with E-state index in [0.717, 1.165) is 0 Å². The Kier molecular flexibility index (Phi) is 6.76. The van der Waals surface area contributed by atoms with Gasteiger partial charge in [-0.25, -0.2) is 0 Å². The van der Waals surface area contributed by atoms with Crippen molar-refractivity contribution < 1.29 is 19.2 Å². The Labute approximate surface area is 150 Å². The molecule has 2 heterocycles. The maximum atomic E-state index is 10.0. The van der Waals surface area contributed by atoms with Gasteiger partial charge in [0.25, 0.3) is 23.6 Å². The van der Waals surface area contributed by atoms with E-state index in [1.54, 1.807) is 0 Å². The Balaban J connectivity index is 0.000000150. The van der Waals surface area contributed by atoms with Crippen LogP contribution in [-0.2, 0) is 19.2 Å². The van der Waals surface area contributed by atoms with Crippen LogP contribution in [0.3, 0.4) is 0 Å². The number of amides is 4. The topological polar surface area (TPSA) is 92.3 Å². The van der Waals surface area contributed by atoms with Gasteiger partial charge >= 0.3 is 0 Å². The zero-order valence-corrected chi connectivity index (χ0v) is 13.7. The molecule has 130 valence electrons. The van der Waals surface area contributed by atoms with E-state index in [0.29, 0.717) is 0 Å². The molecule has 0 aliphatic carbocycles. The molecule has 0 aromatic heterocycles.